The van der Waals surface area contributed by atoms with Crippen LogP contribution in [-0.4, -0.2) is 14.8 Å². The SMILES string of the molecule is Cc1ccc(Oc2c(C)cccc2C)c(-c2cn(C)c(=O)c3sc(-c4nnc(C)o4)cc23)c1. The molecule has 3 aromatic heterocycles. The molecule has 0 aliphatic rings. The van der Waals surface area contributed by atoms with Crippen LogP contribution in [0, 0.1) is 27.7 Å². The highest BCUT2D eigenvalue weighted by atomic mass is 32.1. The normalized spacial score (nSPS) is 11.3. The van der Waals surface area contributed by atoms with Gasteiger partial charge in [0.15, 0.2) is 0 Å². The number of ether oxygens (including phenoxy) is 1. The van der Waals surface area contributed by atoms with Gasteiger partial charge < -0.3 is 13.7 Å². The van der Waals surface area contributed by atoms with Crippen molar-refractivity contribution in [1.82, 2.24) is 14.8 Å². The number of rotatable bonds is 4. The number of aryl methyl sites for hydroxylation is 5. The zero-order valence-electron chi connectivity index (χ0n) is 19.1. The topological polar surface area (TPSA) is 70.2 Å². The van der Waals surface area contributed by atoms with Crippen molar-refractivity contribution in [3.05, 3.63) is 81.6 Å². The van der Waals surface area contributed by atoms with E-state index in [1.807, 2.05) is 63.4 Å². The van der Waals surface area contributed by atoms with Gasteiger partial charge in [0.05, 0.1) is 4.88 Å². The van der Waals surface area contributed by atoms with Gasteiger partial charge in [-0.15, -0.1) is 21.5 Å². The van der Waals surface area contributed by atoms with E-state index in [9.17, 15) is 4.79 Å². The van der Waals surface area contributed by atoms with Crippen molar-refractivity contribution in [2.75, 3.05) is 0 Å². The Morgan fingerprint density at radius 1 is 0.970 bits per heavy atom. The van der Waals surface area contributed by atoms with Crippen LogP contribution >= 0.6 is 11.3 Å². The lowest BCUT2D eigenvalue weighted by atomic mass is 10.0. The van der Waals surface area contributed by atoms with Gasteiger partial charge >= 0.3 is 0 Å². The predicted octanol–water partition coefficient (Wildman–Crippen LogP) is 6.34. The monoisotopic (exact) mass is 457 g/mol. The number of aromatic nitrogens is 3. The summed E-state index contributed by atoms with van der Waals surface area (Å²) in [5.41, 5.74) is 5.00. The van der Waals surface area contributed by atoms with Gasteiger partial charge in [-0.1, -0.05) is 29.8 Å². The lowest BCUT2D eigenvalue weighted by Crippen LogP contribution is -2.15. The third-order valence-electron chi connectivity index (χ3n) is 5.64. The first-order chi connectivity index (χ1) is 15.8. The molecule has 0 spiro atoms. The van der Waals surface area contributed by atoms with Gasteiger partial charge in [0.2, 0.25) is 5.89 Å². The van der Waals surface area contributed by atoms with E-state index in [0.29, 0.717) is 16.5 Å². The minimum atomic E-state index is -0.0638. The van der Waals surface area contributed by atoms with Crippen LogP contribution in [0.3, 0.4) is 0 Å². The number of para-hydroxylation sites is 1. The highest BCUT2D eigenvalue weighted by molar-refractivity contribution is 7.22. The molecule has 0 fully saturated rings. The second-order valence-corrected chi connectivity index (χ2v) is 9.31. The Kier molecular flexibility index (Phi) is 5.13. The van der Waals surface area contributed by atoms with Crippen molar-refractivity contribution < 1.29 is 9.15 Å². The minimum absolute atomic E-state index is 0.0638. The maximum atomic E-state index is 13.0. The Balaban J connectivity index is 1.74. The fourth-order valence-electron chi connectivity index (χ4n) is 3.96. The van der Waals surface area contributed by atoms with Crippen LogP contribution in [0.5, 0.6) is 11.5 Å². The van der Waals surface area contributed by atoms with Crippen molar-refractivity contribution >= 4 is 21.4 Å². The lowest BCUT2D eigenvalue weighted by molar-refractivity contribution is 0.477. The number of nitrogens with zero attached hydrogens (tertiary/aromatic N) is 3. The maximum absolute atomic E-state index is 13.0. The molecule has 0 amide bonds. The molecule has 0 aliphatic heterocycles. The third kappa shape index (κ3) is 3.74. The molecule has 6 nitrogen and oxygen atoms in total. The highest BCUT2D eigenvalue weighted by Gasteiger charge is 2.20. The van der Waals surface area contributed by atoms with E-state index in [1.165, 1.54) is 11.3 Å². The van der Waals surface area contributed by atoms with Crippen molar-refractivity contribution in [1.29, 1.82) is 0 Å². The van der Waals surface area contributed by atoms with Crippen LogP contribution < -0.4 is 10.3 Å². The smallest absolute Gasteiger partial charge is 0.268 e. The molecule has 0 saturated carbocycles. The van der Waals surface area contributed by atoms with Crippen molar-refractivity contribution in [2.24, 2.45) is 7.05 Å². The third-order valence-corrected chi connectivity index (χ3v) is 6.75. The summed E-state index contributed by atoms with van der Waals surface area (Å²) in [5.74, 6) is 2.48. The van der Waals surface area contributed by atoms with Gasteiger partial charge in [0, 0.05) is 36.7 Å². The van der Waals surface area contributed by atoms with E-state index in [4.69, 9.17) is 9.15 Å². The Labute approximate surface area is 195 Å². The summed E-state index contributed by atoms with van der Waals surface area (Å²) in [6, 6.07) is 14.2. The highest BCUT2D eigenvalue weighted by Crippen LogP contribution is 2.41. The Morgan fingerprint density at radius 2 is 1.73 bits per heavy atom. The minimum Gasteiger partial charge on any atom is -0.456 e. The molecule has 0 unspecified atom stereocenters. The molecule has 33 heavy (non-hydrogen) atoms. The first-order valence-electron chi connectivity index (χ1n) is 10.6. The molecule has 0 N–H and O–H groups in total. The van der Waals surface area contributed by atoms with Crippen LogP contribution in [0.1, 0.15) is 22.6 Å². The second kappa shape index (κ2) is 8.01. The van der Waals surface area contributed by atoms with Crippen LogP contribution in [-0.2, 0) is 7.05 Å². The summed E-state index contributed by atoms with van der Waals surface area (Å²) in [5, 5.41) is 8.90. The van der Waals surface area contributed by atoms with E-state index in [0.717, 1.165) is 49.6 Å². The number of hydrogen-bond donors (Lipinski definition) is 0. The van der Waals surface area contributed by atoms with Gasteiger partial charge in [-0.05, 0) is 50.1 Å². The molecular formula is C26H23N3O3S. The number of pyridine rings is 1. The quantitative estimate of drug-likeness (QED) is 0.315. The summed E-state index contributed by atoms with van der Waals surface area (Å²) in [6.45, 7) is 7.88. The number of fused-ring (bicyclic) bond motifs is 1. The molecule has 5 aromatic rings. The first kappa shape index (κ1) is 21.2. The molecule has 2 aromatic carbocycles. The van der Waals surface area contributed by atoms with Gasteiger partial charge in [-0.2, -0.15) is 0 Å². The van der Waals surface area contributed by atoms with Gasteiger partial charge in [0.1, 0.15) is 16.2 Å². The number of hydrogen-bond acceptors (Lipinski definition) is 6. The lowest BCUT2D eigenvalue weighted by Gasteiger charge is -2.16. The second-order valence-electron chi connectivity index (χ2n) is 8.26. The molecule has 7 heteroatoms. The molecular weight excluding hydrogens is 434 g/mol. The number of thiophene rings is 1. The van der Waals surface area contributed by atoms with Crippen LogP contribution in [0.2, 0.25) is 0 Å². The zero-order chi connectivity index (χ0) is 23.3. The van der Waals surface area contributed by atoms with E-state index in [1.54, 1.807) is 18.5 Å². The Morgan fingerprint density at radius 3 is 2.42 bits per heavy atom. The average Bonchev–Trinajstić information content (AvgIpc) is 3.41. The first-order valence-corrected chi connectivity index (χ1v) is 11.4. The fourth-order valence-corrected chi connectivity index (χ4v) is 5.04. The summed E-state index contributed by atoms with van der Waals surface area (Å²) < 4.78 is 14.3. The largest absolute Gasteiger partial charge is 0.456 e. The van der Waals surface area contributed by atoms with Gasteiger partial charge in [-0.3, -0.25) is 4.79 Å². The van der Waals surface area contributed by atoms with Crippen molar-refractivity contribution in [3.63, 3.8) is 0 Å². The van der Waals surface area contributed by atoms with E-state index >= 15 is 0 Å². The van der Waals surface area contributed by atoms with Crippen LogP contribution in [0.4, 0.5) is 0 Å². The average molecular weight is 458 g/mol. The zero-order valence-corrected chi connectivity index (χ0v) is 19.9. The molecule has 5 rings (SSSR count). The van der Waals surface area contributed by atoms with Crippen molar-refractivity contribution in [3.8, 4) is 33.4 Å². The van der Waals surface area contributed by atoms with Crippen molar-refractivity contribution in [2.45, 2.75) is 27.7 Å². The van der Waals surface area contributed by atoms with E-state index in [2.05, 4.69) is 16.3 Å². The predicted molar refractivity (Wildman–Crippen MR) is 131 cm³/mol. The fraction of sp³-hybridized carbons (Fsp3) is 0.192. The summed E-state index contributed by atoms with van der Waals surface area (Å²) >= 11 is 1.36. The Hall–Kier alpha value is -3.71. The maximum Gasteiger partial charge on any atom is 0.268 e. The van der Waals surface area contributed by atoms with Gasteiger partial charge in [-0.25, -0.2) is 0 Å². The molecule has 166 valence electrons. The van der Waals surface area contributed by atoms with E-state index in [-0.39, 0.29) is 5.56 Å². The van der Waals surface area contributed by atoms with E-state index < -0.39 is 0 Å². The summed E-state index contributed by atoms with van der Waals surface area (Å²) in [6.07, 6.45) is 1.87. The molecule has 0 radical (unpaired) electrons. The Bertz CT molecular complexity index is 1560. The van der Waals surface area contributed by atoms with Crippen LogP contribution in [0.15, 0.2) is 57.9 Å². The summed E-state index contributed by atoms with van der Waals surface area (Å²) in [4.78, 5) is 13.7. The molecule has 0 saturated heterocycles. The standard InChI is InChI=1S/C26H23N3O3S/c1-14-9-10-21(32-23-15(2)7-6-8-16(23)3)18(11-14)20-13-29(5)26(30)24-19(20)12-22(33-24)25-28-27-17(4)31-25/h6-13H,1-5H3. The molecule has 3 heterocycles. The molecule has 0 aliphatic carbocycles. The van der Waals surface area contributed by atoms with Crippen LogP contribution in [0.25, 0.3) is 32.0 Å². The summed E-state index contributed by atoms with van der Waals surface area (Å²) in [7, 11) is 1.77. The van der Waals surface area contributed by atoms with Gasteiger partial charge in [0.25, 0.3) is 11.4 Å². The molecule has 0 atom stereocenters. The number of benzene rings is 2. The molecule has 0 bridgehead atoms.